The van der Waals surface area contributed by atoms with Crippen molar-refractivity contribution in [2.24, 2.45) is 0 Å². The van der Waals surface area contributed by atoms with Gasteiger partial charge in [0.2, 0.25) is 5.75 Å². The maximum atomic E-state index is 13.9. The molecule has 3 atom stereocenters. The SMILES string of the molecule is COc1ccc([C@@H]2C(C(=O)OC[C@@H]3CCCO3)=C(C)NC3=C2C(=O)C[C@@H](c2ccc(F)cc2)C3)c(OC)c1OC. The molecule has 3 aliphatic rings. The number of nitrogens with one attached hydrogen (secondary N) is 1. The van der Waals surface area contributed by atoms with Gasteiger partial charge in [-0.1, -0.05) is 18.2 Å². The first-order chi connectivity index (χ1) is 19.4. The second-order valence-electron chi connectivity index (χ2n) is 10.2. The first-order valence-electron chi connectivity index (χ1n) is 13.4. The van der Waals surface area contributed by atoms with E-state index >= 15 is 0 Å². The number of carbonyl (C=O) groups is 2. The number of ketones is 1. The average molecular weight is 552 g/mol. The number of benzene rings is 2. The van der Waals surface area contributed by atoms with Gasteiger partial charge in [0, 0.05) is 35.6 Å². The van der Waals surface area contributed by atoms with Gasteiger partial charge in [-0.2, -0.15) is 0 Å². The van der Waals surface area contributed by atoms with E-state index in [0.29, 0.717) is 52.7 Å². The fraction of sp³-hybridized carbons (Fsp3) is 0.419. The zero-order chi connectivity index (χ0) is 28.4. The number of hydrogen-bond acceptors (Lipinski definition) is 8. The van der Waals surface area contributed by atoms with Gasteiger partial charge in [0.25, 0.3) is 0 Å². The molecule has 0 unspecified atom stereocenters. The number of hydrogen-bond donors (Lipinski definition) is 1. The minimum absolute atomic E-state index is 0.109. The van der Waals surface area contributed by atoms with E-state index in [1.54, 1.807) is 31.2 Å². The quantitative estimate of drug-likeness (QED) is 0.462. The molecule has 2 aromatic carbocycles. The molecule has 1 saturated heterocycles. The molecule has 1 fully saturated rings. The van der Waals surface area contributed by atoms with E-state index in [4.69, 9.17) is 23.7 Å². The molecule has 2 aromatic rings. The lowest BCUT2D eigenvalue weighted by atomic mass is 9.71. The molecule has 1 aliphatic carbocycles. The Bertz CT molecular complexity index is 1360. The van der Waals surface area contributed by atoms with Crippen molar-refractivity contribution in [3.05, 3.63) is 75.9 Å². The normalized spacial score (nSPS) is 22.5. The second-order valence-corrected chi connectivity index (χ2v) is 10.2. The predicted octanol–water partition coefficient (Wildman–Crippen LogP) is 4.94. The number of halogens is 1. The molecule has 0 spiro atoms. The van der Waals surface area contributed by atoms with Crippen molar-refractivity contribution >= 4 is 11.8 Å². The van der Waals surface area contributed by atoms with Crippen LogP contribution in [0.25, 0.3) is 0 Å². The standard InChI is InChI=1S/C31H34FNO7/c1-17-26(31(35)40-16-21-6-5-13-39-21)27(22-11-12-25(36-2)30(38-4)29(22)37-3)28-23(33-17)14-19(15-24(28)34)18-7-9-20(32)10-8-18/h7-12,19,21,27,33H,5-6,13-16H2,1-4H3/t19-,21-,27+/m0/s1. The molecule has 2 aliphatic heterocycles. The molecule has 8 nitrogen and oxygen atoms in total. The van der Waals surface area contributed by atoms with Crippen LogP contribution in [0.4, 0.5) is 4.39 Å². The minimum Gasteiger partial charge on any atom is -0.493 e. The van der Waals surface area contributed by atoms with Crippen LogP contribution in [0.5, 0.6) is 17.2 Å². The Morgan fingerprint density at radius 2 is 1.77 bits per heavy atom. The van der Waals surface area contributed by atoms with E-state index in [1.807, 2.05) is 0 Å². The summed E-state index contributed by atoms with van der Waals surface area (Å²) in [7, 11) is 4.55. The molecule has 0 radical (unpaired) electrons. The molecular formula is C31H34FNO7. The third kappa shape index (κ3) is 5.18. The van der Waals surface area contributed by atoms with Crippen molar-refractivity contribution in [1.82, 2.24) is 5.32 Å². The van der Waals surface area contributed by atoms with Gasteiger partial charge in [0.15, 0.2) is 17.3 Å². The fourth-order valence-corrected chi connectivity index (χ4v) is 5.97. The van der Waals surface area contributed by atoms with Crippen molar-refractivity contribution in [1.29, 1.82) is 0 Å². The molecule has 9 heteroatoms. The molecule has 40 heavy (non-hydrogen) atoms. The molecular weight excluding hydrogens is 517 g/mol. The van der Waals surface area contributed by atoms with Gasteiger partial charge < -0.3 is 29.0 Å². The van der Waals surface area contributed by atoms with Crippen LogP contribution in [0.1, 0.15) is 55.6 Å². The summed E-state index contributed by atoms with van der Waals surface area (Å²) in [6, 6.07) is 9.77. The Labute approximate surface area is 233 Å². The highest BCUT2D eigenvalue weighted by molar-refractivity contribution is 6.04. The summed E-state index contributed by atoms with van der Waals surface area (Å²) in [4.78, 5) is 27.6. The van der Waals surface area contributed by atoms with Gasteiger partial charge >= 0.3 is 5.97 Å². The first kappa shape index (κ1) is 27.7. The number of methoxy groups -OCH3 is 3. The van der Waals surface area contributed by atoms with Crippen LogP contribution in [0.15, 0.2) is 58.9 Å². The van der Waals surface area contributed by atoms with Crippen molar-refractivity contribution < 1.29 is 37.7 Å². The van der Waals surface area contributed by atoms with Gasteiger partial charge in [0.05, 0.1) is 38.9 Å². The largest absolute Gasteiger partial charge is 0.493 e. The lowest BCUT2D eigenvalue weighted by Crippen LogP contribution is -2.36. The Hall–Kier alpha value is -3.85. The summed E-state index contributed by atoms with van der Waals surface area (Å²) < 4.78 is 41.9. The van der Waals surface area contributed by atoms with Gasteiger partial charge in [-0.05, 0) is 55.9 Å². The maximum Gasteiger partial charge on any atom is 0.336 e. The molecule has 212 valence electrons. The minimum atomic E-state index is -0.760. The summed E-state index contributed by atoms with van der Waals surface area (Å²) in [6.07, 6.45) is 2.36. The van der Waals surface area contributed by atoms with Crippen LogP contribution in [-0.4, -0.2) is 52.4 Å². The van der Waals surface area contributed by atoms with E-state index < -0.39 is 11.9 Å². The van der Waals surface area contributed by atoms with Gasteiger partial charge in [-0.15, -0.1) is 0 Å². The third-order valence-electron chi connectivity index (χ3n) is 7.86. The van der Waals surface area contributed by atoms with E-state index in [-0.39, 0.29) is 36.7 Å². The predicted molar refractivity (Wildman–Crippen MR) is 145 cm³/mol. The van der Waals surface area contributed by atoms with Gasteiger partial charge in [0.1, 0.15) is 12.4 Å². The van der Waals surface area contributed by atoms with Crippen LogP contribution < -0.4 is 19.5 Å². The number of carbonyl (C=O) groups excluding carboxylic acids is 2. The van der Waals surface area contributed by atoms with Gasteiger partial charge in [-0.25, -0.2) is 9.18 Å². The first-order valence-corrected chi connectivity index (χ1v) is 13.4. The summed E-state index contributed by atoms with van der Waals surface area (Å²) in [6.45, 7) is 2.59. The molecule has 0 amide bonds. The monoisotopic (exact) mass is 551 g/mol. The zero-order valence-electron chi connectivity index (χ0n) is 23.2. The van der Waals surface area contributed by atoms with E-state index in [1.165, 1.54) is 33.5 Å². The fourth-order valence-electron chi connectivity index (χ4n) is 5.97. The number of allylic oxidation sites excluding steroid dienone is 3. The number of rotatable bonds is 8. The molecule has 0 aromatic heterocycles. The van der Waals surface area contributed by atoms with Crippen LogP contribution >= 0.6 is 0 Å². The molecule has 1 N–H and O–H groups in total. The number of ether oxygens (including phenoxy) is 5. The average Bonchev–Trinajstić information content (AvgIpc) is 3.48. The summed E-state index contributed by atoms with van der Waals surface area (Å²) >= 11 is 0. The highest BCUT2D eigenvalue weighted by atomic mass is 19.1. The van der Waals surface area contributed by atoms with Crippen molar-refractivity contribution in [2.45, 2.75) is 50.5 Å². The second kappa shape index (κ2) is 11.7. The lowest BCUT2D eigenvalue weighted by Gasteiger charge is -2.37. The molecule has 2 heterocycles. The van der Waals surface area contributed by atoms with Crippen LogP contribution in [-0.2, 0) is 19.1 Å². The number of Topliss-reactive ketones (excluding diaryl/α,β-unsaturated/α-hetero) is 1. The Morgan fingerprint density at radius 3 is 2.42 bits per heavy atom. The van der Waals surface area contributed by atoms with Crippen LogP contribution in [0.3, 0.4) is 0 Å². The summed E-state index contributed by atoms with van der Waals surface area (Å²) in [5.74, 6) is -0.665. The highest BCUT2D eigenvalue weighted by Gasteiger charge is 2.43. The summed E-state index contributed by atoms with van der Waals surface area (Å²) in [5.41, 5.74) is 3.60. The van der Waals surface area contributed by atoms with E-state index in [0.717, 1.165) is 24.1 Å². The topological polar surface area (TPSA) is 92.3 Å². The zero-order valence-corrected chi connectivity index (χ0v) is 23.2. The lowest BCUT2D eigenvalue weighted by molar-refractivity contribution is -0.142. The molecule has 5 rings (SSSR count). The number of esters is 1. The molecule has 0 saturated carbocycles. The Balaban J connectivity index is 1.59. The third-order valence-corrected chi connectivity index (χ3v) is 7.86. The van der Waals surface area contributed by atoms with E-state index in [2.05, 4.69) is 5.32 Å². The van der Waals surface area contributed by atoms with Crippen molar-refractivity contribution in [3.8, 4) is 17.2 Å². The van der Waals surface area contributed by atoms with Crippen molar-refractivity contribution in [3.63, 3.8) is 0 Å². The highest BCUT2D eigenvalue weighted by Crippen LogP contribution is 2.51. The van der Waals surface area contributed by atoms with E-state index in [9.17, 15) is 14.0 Å². The van der Waals surface area contributed by atoms with Crippen LogP contribution in [0.2, 0.25) is 0 Å². The Morgan fingerprint density at radius 1 is 1.02 bits per heavy atom. The number of dihydropyridines is 1. The van der Waals surface area contributed by atoms with Crippen molar-refractivity contribution in [2.75, 3.05) is 34.5 Å². The summed E-state index contributed by atoms with van der Waals surface area (Å²) in [5, 5.41) is 3.34. The smallest absolute Gasteiger partial charge is 0.336 e. The maximum absolute atomic E-state index is 13.9. The molecule has 0 bridgehead atoms. The van der Waals surface area contributed by atoms with Gasteiger partial charge in [-0.3, -0.25) is 4.79 Å². The van der Waals surface area contributed by atoms with Crippen LogP contribution in [0, 0.1) is 5.82 Å². The Kier molecular flexibility index (Phi) is 8.12.